The summed E-state index contributed by atoms with van der Waals surface area (Å²) < 4.78 is 11.0. The number of carbonyl (C=O) groups is 4. The Labute approximate surface area is 304 Å². The first-order valence-corrected chi connectivity index (χ1v) is 17.7. The Balaban J connectivity index is 0.989. The third kappa shape index (κ3) is 9.79. The van der Waals surface area contributed by atoms with Crippen LogP contribution in [0.3, 0.4) is 0 Å². The molecule has 0 spiro atoms. The van der Waals surface area contributed by atoms with Gasteiger partial charge in [-0.3, -0.25) is 19.4 Å². The van der Waals surface area contributed by atoms with Crippen molar-refractivity contribution in [2.75, 3.05) is 23.7 Å². The van der Waals surface area contributed by atoms with Gasteiger partial charge in [0.05, 0.1) is 0 Å². The van der Waals surface area contributed by atoms with Crippen LogP contribution in [0.1, 0.15) is 60.8 Å². The quantitative estimate of drug-likeness (QED) is 0.186. The van der Waals surface area contributed by atoms with Gasteiger partial charge in [0.1, 0.15) is 25.3 Å². The highest BCUT2D eigenvalue weighted by Crippen LogP contribution is 2.22. The first kappa shape index (κ1) is 35.7. The van der Waals surface area contributed by atoms with Crippen molar-refractivity contribution < 1.29 is 28.7 Å². The molecule has 2 N–H and O–H groups in total. The van der Waals surface area contributed by atoms with Crippen LogP contribution in [0.5, 0.6) is 0 Å². The monoisotopic (exact) mass is 698 g/mol. The minimum atomic E-state index is -0.604. The summed E-state index contributed by atoms with van der Waals surface area (Å²) in [6.45, 7) is 1.25. The average Bonchev–Trinajstić information content (AvgIpc) is 3.20. The Morgan fingerprint density at radius 2 is 0.923 bits per heavy atom. The van der Waals surface area contributed by atoms with Gasteiger partial charge in [0, 0.05) is 35.6 Å². The Kier molecular flexibility index (Phi) is 12.2. The van der Waals surface area contributed by atoms with Crippen molar-refractivity contribution in [1.29, 1.82) is 0 Å². The Bertz CT molecular complexity index is 1750. The molecule has 0 aliphatic carbocycles. The predicted octanol–water partition coefficient (Wildman–Crippen LogP) is 7.35. The lowest BCUT2D eigenvalue weighted by Gasteiger charge is -2.33. The van der Waals surface area contributed by atoms with Crippen molar-refractivity contribution in [2.45, 2.75) is 63.8 Å². The van der Waals surface area contributed by atoms with Crippen molar-refractivity contribution in [3.05, 3.63) is 131 Å². The van der Waals surface area contributed by atoms with Crippen LogP contribution in [-0.4, -0.2) is 59.0 Å². The summed E-state index contributed by atoms with van der Waals surface area (Å²) in [7, 11) is 0. The zero-order chi connectivity index (χ0) is 36.1. The number of piperidine rings is 2. The van der Waals surface area contributed by atoms with Crippen molar-refractivity contribution in [3.8, 4) is 11.8 Å². The molecule has 10 heteroatoms. The van der Waals surface area contributed by atoms with Gasteiger partial charge in [-0.2, -0.15) is 0 Å². The molecular weight excluding hydrogens is 656 g/mol. The summed E-state index contributed by atoms with van der Waals surface area (Å²) in [5.41, 5.74) is 4.52. The number of nitrogens with one attached hydrogen (secondary N) is 2. The smallest absolute Gasteiger partial charge is 0.410 e. The molecule has 52 heavy (non-hydrogen) atoms. The van der Waals surface area contributed by atoms with Gasteiger partial charge >= 0.3 is 12.2 Å². The molecule has 2 saturated heterocycles. The molecule has 2 heterocycles. The molecule has 2 aliphatic rings. The number of hydrogen-bond acceptors (Lipinski definition) is 6. The van der Waals surface area contributed by atoms with Gasteiger partial charge in [-0.05, 0) is 98.2 Å². The number of nitrogens with zero attached hydrogens (tertiary/aromatic N) is 2. The van der Waals surface area contributed by atoms with E-state index in [-0.39, 0.29) is 25.0 Å². The maximum atomic E-state index is 13.2. The number of ether oxygens (including phenoxy) is 2. The van der Waals surface area contributed by atoms with Crippen LogP contribution >= 0.6 is 0 Å². The molecule has 0 bridgehead atoms. The molecule has 0 saturated carbocycles. The summed E-state index contributed by atoms with van der Waals surface area (Å²) in [4.78, 5) is 55.2. The van der Waals surface area contributed by atoms with Gasteiger partial charge in [-0.25, -0.2) is 9.59 Å². The first-order chi connectivity index (χ1) is 25.4. The maximum absolute atomic E-state index is 13.2. The number of anilines is 2. The van der Waals surface area contributed by atoms with Crippen LogP contribution in [0.25, 0.3) is 0 Å². The van der Waals surface area contributed by atoms with Gasteiger partial charge in [-0.1, -0.05) is 72.5 Å². The second-order valence-electron chi connectivity index (χ2n) is 12.9. The number of benzene rings is 4. The number of carbonyl (C=O) groups excluding carboxylic acids is 4. The number of hydrogen-bond donors (Lipinski definition) is 2. The van der Waals surface area contributed by atoms with Crippen LogP contribution in [0.2, 0.25) is 0 Å². The lowest BCUT2D eigenvalue weighted by molar-refractivity contribution is -0.122. The average molecular weight is 699 g/mol. The topological polar surface area (TPSA) is 117 Å². The normalized spacial score (nSPS) is 16.8. The van der Waals surface area contributed by atoms with E-state index >= 15 is 0 Å². The van der Waals surface area contributed by atoms with Crippen molar-refractivity contribution in [2.24, 2.45) is 0 Å². The lowest BCUT2D eigenvalue weighted by atomic mass is 10.0. The summed E-state index contributed by atoms with van der Waals surface area (Å²) in [6, 6.07) is 32.2. The Morgan fingerprint density at radius 3 is 1.31 bits per heavy atom. The van der Waals surface area contributed by atoms with E-state index in [0.717, 1.165) is 47.9 Å². The van der Waals surface area contributed by atoms with Crippen LogP contribution in [0.4, 0.5) is 21.0 Å². The second kappa shape index (κ2) is 17.7. The molecule has 4 aromatic carbocycles. The fourth-order valence-corrected chi connectivity index (χ4v) is 6.32. The fraction of sp³-hybridized carbons (Fsp3) is 0.286. The maximum Gasteiger partial charge on any atom is 0.410 e. The second-order valence-corrected chi connectivity index (χ2v) is 12.9. The molecule has 4 amide bonds. The SMILES string of the molecule is O=C(Nc1ccc(C#Cc2ccc(NC(=O)[C@@H]3CCCCN3C(=O)OCc3ccccc3)cc2)cc1)[C@@H]1CCCCN1C(=O)OCc1ccccc1. The molecule has 10 nitrogen and oxygen atoms in total. The highest BCUT2D eigenvalue weighted by molar-refractivity contribution is 5.97. The fourth-order valence-electron chi connectivity index (χ4n) is 6.32. The minimum absolute atomic E-state index is 0.155. The number of rotatable bonds is 8. The standard InChI is InChI=1S/C42H42N4O6/c47-39(37-15-7-9-27-45(37)41(49)51-29-33-11-3-1-4-12-33)43-35-23-19-31(20-24-35)17-18-32-21-25-36(26-22-32)44-40(48)38-16-8-10-28-46(38)42(50)52-30-34-13-5-2-6-14-34/h1-6,11-14,19-26,37-38H,7-10,15-16,27-30H2,(H,43,47)(H,44,48)/t37-,38-/m0/s1. The van der Waals surface area contributed by atoms with Crippen LogP contribution in [0.15, 0.2) is 109 Å². The third-order valence-electron chi connectivity index (χ3n) is 9.15. The van der Waals surface area contributed by atoms with Gasteiger partial charge in [-0.15, -0.1) is 0 Å². The van der Waals surface area contributed by atoms with Gasteiger partial charge in [0.25, 0.3) is 0 Å². The van der Waals surface area contributed by atoms with E-state index in [2.05, 4.69) is 22.5 Å². The molecule has 2 aliphatic heterocycles. The molecule has 2 fully saturated rings. The first-order valence-electron chi connectivity index (χ1n) is 17.7. The van der Waals surface area contributed by atoms with E-state index in [4.69, 9.17) is 9.47 Å². The molecule has 0 radical (unpaired) electrons. The van der Waals surface area contributed by atoms with E-state index in [9.17, 15) is 19.2 Å². The molecule has 4 aromatic rings. The highest BCUT2D eigenvalue weighted by Gasteiger charge is 2.34. The predicted molar refractivity (Wildman–Crippen MR) is 198 cm³/mol. The van der Waals surface area contributed by atoms with Crippen molar-refractivity contribution in [1.82, 2.24) is 9.80 Å². The lowest BCUT2D eigenvalue weighted by Crippen LogP contribution is -2.50. The van der Waals surface area contributed by atoms with E-state index in [1.807, 2.05) is 84.9 Å². The van der Waals surface area contributed by atoms with E-state index in [0.29, 0.717) is 37.3 Å². The van der Waals surface area contributed by atoms with Crippen molar-refractivity contribution >= 4 is 35.4 Å². The van der Waals surface area contributed by atoms with Crippen molar-refractivity contribution in [3.63, 3.8) is 0 Å². The van der Waals surface area contributed by atoms with Crippen LogP contribution < -0.4 is 10.6 Å². The molecule has 2 atom stereocenters. The van der Waals surface area contributed by atoms with E-state index in [1.165, 1.54) is 9.80 Å². The summed E-state index contributed by atoms with van der Waals surface area (Å²) in [5.74, 6) is 5.76. The zero-order valence-corrected chi connectivity index (χ0v) is 29.0. The zero-order valence-electron chi connectivity index (χ0n) is 29.0. The highest BCUT2D eigenvalue weighted by atomic mass is 16.6. The molecule has 0 unspecified atom stereocenters. The molecule has 266 valence electrons. The van der Waals surface area contributed by atoms with Crippen LogP contribution in [-0.2, 0) is 32.3 Å². The number of amides is 4. The van der Waals surface area contributed by atoms with E-state index < -0.39 is 24.3 Å². The third-order valence-corrected chi connectivity index (χ3v) is 9.15. The van der Waals surface area contributed by atoms with Gasteiger partial charge in [0.15, 0.2) is 0 Å². The summed E-state index contributed by atoms with van der Waals surface area (Å²) >= 11 is 0. The molecular formula is C42H42N4O6. The Morgan fingerprint density at radius 1 is 0.538 bits per heavy atom. The largest absolute Gasteiger partial charge is 0.445 e. The summed E-state index contributed by atoms with van der Waals surface area (Å²) in [5, 5.41) is 5.88. The van der Waals surface area contributed by atoms with Crippen LogP contribution in [0, 0.1) is 11.8 Å². The van der Waals surface area contributed by atoms with Gasteiger partial charge < -0.3 is 20.1 Å². The number of likely N-dealkylation sites (tertiary alicyclic amines) is 2. The van der Waals surface area contributed by atoms with Gasteiger partial charge in [0.2, 0.25) is 11.8 Å². The molecule has 0 aromatic heterocycles. The Hall–Kier alpha value is -6.08. The minimum Gasteiger partial charge on any atom is -0.445 e. The van der Waals surface area contributed by atoms with E-state index in [1.54, 1.807) is 24.3 Å². The summed E-state index contributed by atoms with van der Waals surface area (Å²) in [6.07, 6.45) is 3.52. The molecule has 6 rings (SSSR count).